The highest BCUT2D eigenvalue weighted by molar-refractivity contribution is 5.76. The highest BCUT2D eigenvalue weighted by Crippen LogP contribution is 2.22. The molecule has 0 aliphatic carbocycles. The quantitative estimate of drug-likeness (QED) is 0.641. The Morgan fingerprint density at radius 2 is 2.29 bits per heavy atom. The van der Waals surface area contributed by atoms with E-state index in [1.807, 2.05) is 4.90 Å². The summed E-state index contributed by atoms with van der Waals surface area (Å²) in [5.74, 6) is 1.08. The molecule has 80 valence electrons. The van der Waals surface area contributed by atoms with E-state index in [1.54, 1.807) is 0 Å². The molecule has 2 heterocycles. The predicted octanol–water partition coefficient (Wildman–Crippen LogP) is 1.42. The fraction of sp³-hybridized carbons (Fsp3) is 0.909. The number of hydrogen-bond donors (Lipinski definition) is 0. The van der Waals surface area contributed by atoms with Crippen molar-refractivity contribution in [1.29, 1.82) is 0 Å². The highest BCUT2D eigenvalue weighted by atomic mass is 16.6. The van der Waals surface area contributed by atoms with Crippen molar-refractivity contribution in [2.24, 2.45) is 5.92 Å². The smallest absolute Gasteiger partial charge is 0.222 e. The summed E-state index contributed by atoms with van der Waals surface area (Å²) in [6.07, 6.45) is 4.55. The first-order valence-corrected chi connectivity index (χ1v) is 5.69. The van der Waals surface area contributed by atoms with Gasteiger partial charge in [-0.25, -0.2) is 0 Å². The molecule has 2 aliphatic heterocycles. The number of hydrogen-bond acceptors (Lipinski definition) is 2. The van der Waals surface area contributed by atoms with Crippen molar-refractivity contribution in [3.63, 3.8) is 0 Å². The van der Waals surface area contributed by atoms with Crippen LogP contribution in [0, 0.1) is 5.92 Å². The van der Waals surface area contributed by atoms with Gasteiger partial charge in [-0.05, 0) is 18.8 Å². The van der Waals surface area contributed by atoms with E-state index in [9.17, 15) is 4.79 Å². The van der Waals surface area contributed by atoms with Gasteiger partial charge < -0.3 is 9.64 Å². The molecule has 0 N–H and O–H groups in total. The van der Waals surface area contributed by atoms with Gasteiger partial charge in [0.2, 0.25) is 5.91 Å². The monoisotopic (exact) mass is 197 g/mol. The van der Waals surface area contributed by atoms with E-state index < -0.39 is 0 Å². The number of ether oxygens (including phenoxy) is 1. The van der Waals surface area contributed by atoms with Crippen molar-refractivity contribution in [2.75, 3.05) is 19.7 Å². The van der Waals surface area contributed by atoms with Crippen LogP contribution in [0.1, 0.15) is 32.6 Å². The molecule has 0 bridgehead atoms. The molecule has 0 saturated carbocycles. The molecule has 2 unspecified atom stereocenters. The molecule has 2 fully saturated rings. The predicted molar refractivity (Wildman–Crippen MR) is 54.0 cm³/mol. The Labute approximate surface area is 85.4 Å². The largest absolute Gasteiger partial charge is 0.371 e. The minimum absolute atomic E-state index is 0.330. The van der Waals surface area contributed by atoms with E-state index in [-0.39, 0.29) is 0 Å². The molecule has 14 heavy (non-hydrogen) atoms. The summed E-state index contributed by atoms with van der Waals surface area (Å²) in [4.78, 5) is 13.7. The molecule has 0 aromatic rings. The summed E-state index contributed by atoms with van der Waals surface area (Å²) in [6, 6.07) is 0. The third-order valence-corrected chi connectivity index (χ3v) is 3.33. The van der Waals surface area contributed by atoms with Gasteiger partial charge in [0.15, 0.2) is 0 Å². The lowest BCUT2D eigenvalue weighted by Crippen LogP contribution is -2.33. The SMILES string of the molecule is CCC1CCC(=O)N(CC2CO2)CC1. The number of amides is 1. The van der Waals surface area contributed by atoms with Gasteiger partial charge in [0.05, 0.1) is 12.7 Å². The van der Waals surface area contributed by atoms with Crippen molar-refractivity contribution in [1.82, 2.24) is 4.90 Å². The molecule has 1 amide bonds. The van der Waals surface area contributed by atoms with Crippen LogP contribution < -0.4 is 0 Å². The van der Waals surface area contributed by atoms with Crippen LogP contribution in [0.2, 0.25) is 0 Å². The fourth-order valence-corrected chi connectivity index (χ4v) is 2.11. The van der Waals surface area contributed by atoms with Crippen LogP contribution in [0.4, 0.5) is 0 Å². The molecule has 0 spiro atoms. The average Bonchev–Trinajstić information content (AvgIpc) is 2.99. The summed E-state index contributed by atoms with van der Waals surface area (Å²) in [6.45, 7) is 4.84. The normalized spacial score (nSPS) is 32.9. The Balaban J connectivity index is 1.85. The second-order valence-corrected chi connectivity index (χ2v) is 4.40. The zero-order chi connectivity index (χ0) is 9.97. The van der Waals surface area contributed by atoms with Crippen LogP contribution in [0.3, 0.4) is 0 Å². The first-order chi connectivity index (χ1) is 6.79. The van der Waals surface area contributed by atoms with E-state index in [4.69, 9.17) is 4.74 Å². The number of nitrogens with zero attached hydrogens (tertiary/aromatic N) is 1. The fourth-order valence-electron chi connectivity index (χ4n) is 2.11. The number of carbonyl (C=O) groups excluding carboxylic acids is 1. The second-order valence-electron chi connectivity index (χ2n) is 4.40. The van der Waals surface area contributed by atoms with Crippen LogP contribution in [0.15, 0.2) is 0 Å². The van der Waals surface area contributed by atoms with E-state index in [2.05, 4.69) is 6.92 Å². The Morgan fingerprint density at radius 3 is 2.93 bits per heavy atom. The van der Waals surface area contributed by atoms with E-state index in [1.165, 1.54) is 12.8 Å². The first-order valence-electron chi connectivity index (χ1n) is 5.69. The molecule has 3 nitrogen and oxygen atoms in total. The molecule has 0 radical (unpaired) electrons. The average molecular weight is 197 g/mol. The molecule has 2 saturated heterocycles. The van der Waals surface area contributed by atoms with Gasteiger partial charge >= 0.3 is 0 Å². The maximum atomic E-state index is 11.7. The van der Waals surface area contributed by atoms with Gasteiger partial charge in [0, 0.05) is 19.5 Å². The second kappa shape index (κ2) is 4.30. The molecular formula is C11H19NO2. The Hall–Kier alpha value is -0.570. The molecule has 2 atom stereocenters. The van der Waals surface area contributed by atoms with E-state index in [0.29, 0.717) is 12.0 Å². The lowest BCUT2D eigenvalue weighted by Gasteiger charge is -2.19. The summed E-state index contributed by atoms with van der Waals surface area (Å²) >= 11 is 0. The highest BCUT2D eigenvalue weighted by Gasteiger charge is 2.29. The van der Waals surface area contributed by atoms with Gasteiger partial charge in [0.25, 0.3) is 0 Å². The molecule has 0 aromatic carbocycles. The Morgan fingerprint density at radius 1 is 1.50 bits per heavy atom. The van der Waals surface area contributed by atoms with Gasteiger partial charge in [-0.3, -0.25) is 4.79 Å². The summed E-state index contributed by atoms with van der Waals surface area (Å²) < 4.78 is 5.16. The van der Waals surface area contributed by atoms with Crippen LogP contribution in [-0.4, -0.2) is 36.6 Å². The maximum absolute atomic E-state index is 11.7. The molecule has 2 aliphatic rings. The Bertz CT molecular complexity index is 213. The van der Waals surface area contributed by atoms with Crippen molar-refractivity contribution < 1.29 is 9.53 Å². The van der Waals surface area contributed by atoms with Gasteiger partial charge in [0.1, 0.15) is 0 Å². The van der Waals surface area contributed by atoms with Crippen molar-refractivity contribution >= 4 is 5.91 Å². The zero-order valence-corrected chi connectivity index (χ0v) is 8.87. The number of likely N-dealkylation sites (tertiary alicyclic amines) is 1. The van der Waals surface area contributed by atoms with E-state index >= 15 is 0 Å². The molecule has 0 aromatic heterocycles. The minimum atomic E-state index is 0.330. The Kier molecular flexibility index (Phi) is 3.06. The number of carbonyl (C=O) groups is 1. The standard InChI is InChI=1S/C11H19NO2/c1-2-9-3-4-11(13)12(6-5-9)7-10-8-14-10/h9-10H,2-8H2,1H3. The lowest BCUT2D eigenvalue weighted by molar-refractivity contribution is -0.130. The van der Waals surface area contributed by atoms with Crippen molar-refractivity contribution in [3.8, 4) is 0 Å². The molecule has 3 heteroatoms. The maximum Gasteiger partial charge on any atom is 0.222 e. The third kappa shape index (κ3) is 2.47. The van der Waals surface area contributed by atoms with Crippen molar-refractivity contribution in [3.05, 3.63) is 0 Å². The lowest BCUT2D eigenvalue weighted by atomic mass is 9.98. The molecular weight excluding hydrogens is 178 g/mol. The minimum Gasteiger partial charge on any atom is -0.371 e. The van der Waals surface area contributed by atoms with Crippen LogP contribution in [-0.2, 0) is 9.53 Å². The van der Waals surface area contributed by atoms with E-state index in [0.717, 1.165) is 38.5 Å². The number of rotatable bonds is 3. The van der Waals surface area contributed by atoms with Crippen molar-refractivity contribution in [2.45, 2.75) is 38.7 Å². The molecule has 2 rings (SSSR count). The van der Waals surface area contributed by atoms with Crippen LogP contribution in [0.25, 0.3) is 0 Å². The zero-order valence-electron chi connectivity index (χ0n) is 8.87. The first kappa shape index (κ1) is 9.97. The number of epoxide rings is 1. The summed E-state index contributed by atoms with van der Waals surface area (Å²) in [5.41, 5.74) is 0. The van der Waals surface area contributed by atoms with Gasteiger partial charge in [-0.2, -0.15) is 0 Å². The van der Waals surface area contributed by atoms with Crippen LogP contribution >= 0.6 is 0 Å². The topological polar surface area (TPSA) is 32.8 Å². The summed E-state index contributed by atoms with van der Waals surface area (Å²) in [5, 5.41) is 0. The van der Waals surface area contributed by atoms with Gasteiger partial charge in [-0.1, -0.05) is 13.3 Å². The van der Waals surface area contributed by atoms with Gasteiger partial charge in [-0.15, -0.1) is 0 Å². The van der Waals surface area contributed by atoms with Crippen LogP contribution in [0.5, 0.6) is 0 Å². The third-order valence-electron chi connectivity index (χ3n) is 3.33. The summed E-state index contributed by atoms with van der Waals surface area (Å²) in [7, 11) is 0.